The topological polar surface area (TPSA) is 45.4 Å². The van der Waals surface area contributed by atoms with E-state index in [0.29, 0.717) is 0 Å². The summed E-state index contributed by atoms with van der Waals surface area (Å²) in [6, 6.07) is 9.65. The van der Waals surface area contributed by atoms with Gasteiger partial charge in [-0.05, 0) is 12.1 Å². The molecular formula is C17H17ClN4OS. The van der Waals surface area contributed by atoms with Crippen LogP contribution in [0.4, 0.5) is 5.13 Å². The highest BCUT2D eigenvalue weighted by molar-refractivity contribution is 7.13. The molecule has 4 rings (SSSR count). The van der Waals surface area contributed by atoms with E-state index in [1.165, 1.54) is 0 Å². The fraction of sp³-hybridized carbons (Fsp3) is 0.294. The molecule has 0 amide bonds. The van der Waals surface area contributed by atoms with Crippen molar-refractivity contribution in [1.29, 1.82) is 0 Å². The van der Waals surface area contributed by atoms with E-state index in [2.05, 4.69) is 19.9 Å². The van der Waals surface area contributed by atoms with Crippen LogP contribution in [-0.4, -0.2) is 41.2 Å². The lowest BCUT2D eigenvalue weighted by atomic mass is 10.1. The molecule has 0 radical (unpaired) electrons. The minimum Gasteiger partial charge on any atom is -0.359 e. The molecule has 0 N–H and O–H groups in total. The molecule has 0 atom stereocenters. The summed E-state index contributed by atoms with van der Waals surface area (Å²) < 4.78 is 5.50. The van der Waals surface area contributed by atoms with E-state index in [4.69, 9.17) is 16.1 Å². The van der Waals surface area contributed by atoms with E-state index in [9.17, 15) is 0 Å². The van der Waals surface area contributed by atoms with E-state index in [0.717, 1.165) is 59.9 Å². The molecule has 0 spiro atoms. The average molecular weight is 361 g/mol. The Hall–Kier alpha value is -1.89. The first-order valence-electron chi connectivity index (χ1n) is 7.86. The first-order valence-corrected chi connectivity index (χ1v) is 9.12. The number of anilines is 1. The Bertz CT molecular complexity index is 779. The highest BCUT2D eigenvalue weighted by atomic mass is 35.5. The quantitative estimate of drug-likeness (QED) is 0.708. The summed E-state index contributed by atoms with van der Waals surface area (Å²) in [5.41, 5.74) is 1.87. The third-order valence-electron chi connectivity index (χ3n) is 4.14. The molecule has 24 heavy (non-hydrogen) atoms. The molecule has 3 aromatic rings. The van der Waals surface area contributed by atoms with Crippen molar-refractivity contribution in [2.45, 2.75) is 6.54 Å². The first kappa shape index (κ1) is 15.6. The molecule has 0 bridgehead atoms. The van der Waals surface area contributed by atoms with Crippen LogP contribution < -0.4 is 4.90 Å². The third kappa shape index (κ3) is 3.45. The van der Waals surface area contributed by atoms with Crippen LogP contribution in [0.15, 0.2) is 46.4 Å². The predicted octanol–water partition coefficient (Wildman–Crippen LogP) is 3.77. The van der Waals surface area contributed by atoms with Gasteiger partial charge in [-0.15, -0.1) is 11.3 Å². The maximum Gasteiger partial charge on any atom is 0.185 e. The standard InChI is InChI=1S/C17H17ClN4OS/c18-14-3-1-13(2-4-14)16-11-15(23-20-16)12-21-6-8-22(9-7-21)17-19-5-10-24-17/h1-5,10-11H,6-9,12H2. The normalized spacial score (nSPS) is 15.8. The van der Waals surface area contributed by atoms with Gasteiger partial charge in [-0.2, -0.15) is 0 Å². The Labute approximate surface area is 149 Å². The van der Waals surface area contributed by atoms with Crippen molar-refractivity contribution in [1.82, 2.24) is 15.0 Å². The lowest BCUT2D eigenvalue weighted by Gasteiger charge is -2.33. The minimum atomic E-state index is 0.723. The van der Waals surface area contributed by atoms with Crippen LogP contribution in [0.2, 0.25) is 5.02 Å². The van der Waals surface area contributed by atoms with E-state index < -0.39 is 0 Å². The van der Waals surface area contributed by atoms with Crippen molar-refractivity contribution in [3.63, 3.8) is 0 Å². The number of aromatic nitrogens is 2. The Morgan fingerprint density at radius 2 is 1.92 bits per heavy atom. The van der Waals surface area contributed by atoms with Crippen molar-refractivity contribution in [2.24, 2.45) is 0 Å². The van der Waals surface area contributed by atoms with Crippen LogP contribution in [0, 0.1) is 0 Å². The molecule has 124 valence electrons. The zero-order chi connectivity index (χ0) is 16.4. The highest BCUT2D eigenvalue weighted by Crippen LogP contribution is 2.23. The van der Waals surface area contributed by atoms with Crippen molar-refractivity contribution >= 4 is 28.1 Å². The van der Waals surface area contributed by atoms with Crippen LogP contribution in [0.1, 0.15) is 5.76 Å². The van der Waals surface area contributed by atoms with E-state index >= 15 is 0 Å². The zero-order valence-electron chi connectivity index (χ0n) is 13.1. The van der Waals surface area contributed by atoms with Crippen molar-refractivity contribution in [3.8, 4) is 11.3 Å². The number of nitrogens with zero attached hydrogens (tertiary/aromatic N) is 4. The van der Waals surface area contributed by atoms with Crippen LogP contribution in [0.5, 0.6) is 0 Å². The summed E-state index contributed by atoms with van der Waals surface area (Å²) in [6.07, 6.45) is 1.86. The Morgan fingerprint density at radius 1 is 1.12 bits per heavy atom. The lowest BCUT2D eigenvalue weighted by molar-refractivity contribution is 0.220. The largest absolute Gasteiger partial charge is 0.359 e. The van der Waals surface area contributed by atoms with Crippen molar-refractivity contribution in [3.05, 3.63) is 52.7 Å². The van der Waals surface area contributed by atoms with Gasteiger partial charge in [-0.3, -0.25) is 4.90 Å². The molecule has 1 saturated heterocycles. The summed E-state index contributed by atoms with van der Waals surface area (Å²) in [5.74, 6) is 0.891. The molecule has 2 aromatic heterocycles. The summed E-state index contributed by atoms with van der Waals surface area (Å²) in [6.45, 7) is 4.76. The van der Waals surface area contributed by atoms with Crippen LogP contribution in [0.3, 0.4) is 0 Å². The molecule has 1 aliphatic rings. The predicted molar refractivity (Wildman–Crippen MR) is 96.6 cm³/mol. The number of benzene rings is 1. The number of halogens is 1. The maximum atomic E-state index is 5.92. The second-order valence-corrected chi connectivity index (χ2v) is 7.07. The minimum absolute atomic E-state index is 0.723. The molecule has 5 nitrogen and oxygen atoms in total. The SMILES string of the molecule is Clc1ccc(-c2cc(CN3CCN(c4nccs4)CC3)on2)cc1. The van der Waals surface area contributed by atoms with E-state index in [1.54, 1.807) is 11.3 Å². The Balaban J connectivity index is 1.36. The molecule has 0 unspecified atom stereocenters. The number of rotatable bonds is 4. The Morgan fingerprint density at radius 3 is 2.62 bits per heavy atom. The van der Waals surface area contributed by atoms with Gasteiger partial charge in [-0.25, -0.2) is 4.98 Å². The van der Waals surface area contributed by atoms with Gasteiger partial charge >= 0.3 is 0 Å². The monoisotopic (exact) mass is 360 g/mol. The van der Waals surface area contributed by atoms with Gasteiger partial charge in [-0.1, -0.05) is 28.9 Å². The van der Waals surface area contributed by atoms with E-state index in [1.807, 2.05) is 41.9 Å². The van der Waals surface area contributed by atoms with Gasteiger partial charge in [0.05, 0.1) is 6.54 Å². The summed E-state index contributed by atoms with van der Waals surface area (Å²) >= 11 is 7.62. The lowest BCUT2D eigenvalue weighted by Crippen LogP contribution is -2.45. The number of hydrogen-bond donors (Lipinski definition) is 0. The molecular weight excluding hydrogens is 344 g/mol. The van der Waals surface area contributed by atoms with Gasteiger partial charge < -0.3 is 9.42 Å². The van der Waals surface area contributed by atoms with Crippen LogP contribution in [-0.2, 0) is 6.54 Å². The van der Waals surface area contributed by atoms with Gasteiger partial charge in [0.2, 0.25) is 0 Å². The summed E-state index contributed by atoms with van der Waals surface area (Å²) in [4.78, 5) is 9.10. The van der Waals surface area contributed by atoms with E-state index in [-0.39, 0.29) is 0 Å². The maximum absolute atomic E-state index is 5.92. The van der Waals surface area contributed by atoms with Crippen LogP contribution in [0.25, 0.3) is 11.3 Å². The van der Waals surface area contributed by atoms with Crippen LogP contribution >= 0.6 is 22.9 Å². The number of hydrogen-bond acceptors (Lipinski definition) is 6. The molecule has 7 heteroatoms. The highest BCUT2D eigenvalue weighted by Gasteiger charge is 2.20. The van der Waals surface area contributed by atoms with Gasteiger partial charge in [0.1, 0.15) is 5.69 Å². The molecule has 0 saturated carbocycles. The van der Waals surface area contributed by atoms with Gasteiger partial charge in [0.25, 0.3) is 0 Å². The Kier molecular flexibility index (Phi) is 4.51. The fourth-order valence-electron chi connectivity index (χ4n) is 2.83. The summed E-state index contributed by atoms with van der Waals surface area (Å²) in [7, 11) is 0. The third-order valence-corrected chi connectivity index (χ3v) is 5.22. The first-order chi connectivity index (χ1) is 11.8. The second kappa shape index (κ2) is 6.93. The smallest absolute Gasteiger partial charge is 0.185 e. The molecule has 1 aromatic carbocycles. The molecule has 1 aliphatic heterocycles. The molecule has 0 aliphatic carbocycles. The second-order valence-electron chi connectivity index (χ2n) is 5.76. The average Bonchev–Trinajstić information content (AvgIpc) is 3.28. The van der Waals surface area contributed by atoms with Crippen molar-refractivity contribution < 1.29 is 4.52 Å². The van der Waals surface area contributed by atoms with Crippen molar-refractivity contribution in [2.75, 3.05) is 31.1 Å². The zero-order valence-corrected chi connectivity index (χ0v) is 14.6. The van der Waals surface area contributed by atoms with Gasteiger partial charge in [0, 0.05) is 54.4 Å². The fourth-order valence-corrected chi connectivity index (χ4v) is 3.66. The molecule has 3 heterocycles. The number of piperazine rings is 1. The van der Waals surface area contributed by atoms with Gasteiger partial charge in [0.15, 0.2) is 10.9 Å². The molecule has 1 fully saturated rings. The summed E-state index contributed by atoms with van der Waals surface area (Å²) in [5, 5.41) is 8.03. The number of thiazole rings is 1.